The highest BCUT2D eigenvalue weighted by atomic mass is 16.5. The highest BCUT2D eigenvalue weighted by Gasteiger charge is 2.03. The van der Waals surface area contributed by atoms with Crippen LogP contribution in [0.15, 0.2) is 60.0 Å². The number of nitrogens with one attached hydrogen (secondary N) is 2. The van der Waals surface area contributed by atoms with Gasteiger partial charge in [-0.3, -0.25) is 9.98 Å². The Hall–Kier alpha value is -3.42. The van der Waals surface area contributed by atoms with Crippen LogP contribution in [0.3, 0.4) is 0 Å². The number of aromatic nitrogens is 4. The highest BCUT2D eigenvalue weighted by Crippen LogP contribution is 2.13. The van der Waals surface area contributed by atoms with E-state index in [1.165, 1.54) is 0 Å². The molecule has 8 heteroatoms. The number of ether oxygens (including phenoxy) is 1. The first-order chi connectivity index (χ1) is 14.3. The molecular formula is C21H27N7O. The van der Waals surface area contributed by atoms with Crippen LogP contribution in [0.4, 0.5) is 0 Å². The predicted molar refractivity (Wildman–Crippen MR) is 113 cm³/mol. The van der Waals surface area contributed by atoms with Gasteiger partial charge in [0.2, 0.25) is 0 Å². The van der Waals surface area contributed by atoms with E-state index in [0.29, 0.717) is 13.2 Å². The lowest BCUT2D eigenvalue weighted by atomic mass is 10.2. The average molecular weight is 393 g/mol. The fraction of sp³-hybridized carbons (Fsp3) is 0.333. The molecule has 0 radical (unpaired) electrons. The van der Waals surface area contributed by atoms with E-state index in [2.05, 4.69) is 37.7 Å². The van der Waals surface area contributed by atoms with E-state index in [0.717, 1.165) is 48.3 Å². The molecule has 0 fully saturated rings. The number of aliphatic imine (C=N–C) groups is 1. The molecule has 0 spiro atoms. The fourth-order valence-electron chi connectivity index (χ4n) is 2.78. The molecule has 3 rings (SSSR count). The normalized spacial score (nSPS) is 11.3. The average Bonchev–Trinajstić information content (AvgIpc) is 3.23. The van der Waals surface area contributed by atoms with E-state index >= 15 is 0 Å². The minimum Gasteiger partial charge on any atom is -0.487 e. The molecule has 0 atom stereocenters. The number of guanidine groups is 1. The minimum absolute atomic E-state index is 0.460. The number of nitrogens with zero attached hydrogens (tertiary/aromatic N) is 5. The van der Waals surface area contributed by atoms with Crippen molar-refractivity contribution >= 4 is 5.96 Å². The maximum atomic E-state index is 5.77. The summed E-state index contributed by atoms with van der Waals surface area (Å²) < 4.78 is 7.82. The van der Waals surface area contributed by atoms with Crippen molar-refractivity contribution in [3.8, 4) is 5.75 Å². The molecule has 3 aromatic rings. The summed E-state index contributed by atoms with van der Waals surface area (Å²) in [5, 5.41) is 14.7. The Labute approximate surface area is 171 Å². The van der Waals surface area contributed by atoms with Gasteiger partial charge in [0, 0.05) is 39.3 Å². The maximum Gasteiger partial charge on any atom is 0.191 e. The van der Waals surface area contributed by atoms with E-state index < -0.39 is 0 Å². The Bertz CT molecular complexity index is 891. The van der Waals surface area contributed by atoms with Crippen LogP contribution >= 0.6 is 0 Å². The van der Waals surface area contributed by atoms with Gasteiger partial charge < -0.3 is 19.9 Å². The van der Waals surface area contributed by atoms with Gasteiger partial charge in [0.15, 0.2) is 5.96 Å². The highest BCUT2D eigenvalue weighted by molar-refractivity contribution is 5.79. The van der Waals surface area contributed by atoms with E-state index in [-0.39, 0.29) is 0 Å². The number of rotatable bonds is 9. The second-order valence-electron chi connectivity index (χ2n) is 6.40. The number of hydrogen-bond donors (Lipinski definition) is 2. The Morgan fingerprint density at radius 1 is 1.14 bits per heavy atom. The second-order valence-corrected chi connectivity index (χ2v) is 6.40. The summed E-state index contributed by atoms with van der Waals surface area (Å²) in [6, 6.07) is 13.8. The smallest absolute Gasteiger partial charge is 0.191 e. The van der Waals surface area contributed by atoms with Gasteiger partial charge in [-0.1, -0.05) is 25.1 Å². The molecule has 0 unspecified atom stereocenters. The van der Waals surface area contributed by atoms with Crippen LogP contribution in [0.1, 0.15) is 24.0 Å². The standard InChI is InChI=1S/C21H27N7O/c1-3-20-27-26-16-28(20)13-12-24-21(22-2)25-14-17-7-9-19(10-8-17)29-15-18-6-4-5-11-23-18/h4-11,16H,3,12-15H2,1-2H3,(H2,22,24,25). The quantitative estimate of drug-likeness (QED) is 0.428. The first kappa shape index (κ1) is 20.3. The molecule has 8 nitrogen and oxygen atoms in total. The van der Waals surface area contributed by atoms with Crippen LogP contribution < -0.4 is 15.4 Å². The van der Waals surface area contributed by atoms with Crippen molar-refractivity contribution in [1.82, 2.24) is 30.4 Å². The summed E-state index contributed by atoms with van der Waals surface area (Å²) in [4.78, 5) is 8.52. The van der Waals surface area contributed by atoms with Crippen molar-refractivity contribution in [3.63, 3.8) is 0 Å². The summed E-state index contributed by atoms with van der Waals surface area (Å²) in [6.07, 6.45) is 4.39. The number of benzene rings is 1. The Morgan fingerprint density at radius 2 is 2.00 bits per heavy atom. The van der Waals surface area contributed by atoms with Crippen LogP contribution in [0, 0.1) is 0 Å². The minimum atomic E-state index is 0.460. The Balaban J connectivity index is 1.41. The molecule has 0 bridgehead atoms. The van der Waals surface area contributed by atoms with Gasteiger partial charge in [-0.25, -0.2) is 0 Å². The lowest BCUT2D eigenvalue weighted by molar-refractivity contribution is 0.301. The van der Waals surface area contributed by atoms with Crippen LogP contribution in [-0.4, -0.2) is 39.3 Å². The summed E-state index contributed by atoms with van der Waals surface area (Å²) in [5.41, 5.74) is 2.05. The van der Waals surface area contributed by atoms with Crippen molar-refractivity contribution in [3.05, 3.63) is 72.1 Å². The van der Waals surface area contributed by atoms with Crippen molar-refractivity contribution in [2.24, 2.45) is 4.99 Å². The monoisotopic (exact) mass is 393 g/mol. The molecule has 1 aromatic carbocycles. The van der Waals surface area contributed by atoms with Crippen molar-refractivity contribution < 1.29 is 4.74 Å². The lowest BCUT2D eigenvalue weighted by Gasteiger charge is -2.13. The maximum absolute atomic E-state index is 5.77. The third-order valence-corrected chi connectivity index (χ3v) is 4.38. The molecule has 0 aliphatic carbocycles. The van der Waals surface area contributed by atoms with Crippen molar-refractivity contribution in [1.29, 1.82) is 0 Å². The first-order valence-electron chi connectivity index (χ1n) is 9.71. The van der Waals surface area contributed by atoms with Crippen molar-refractivity contribution in [2.75, 3.05) is 13.6 Å². The van der Waals surface area contributed by atoms with Crippen molar-refractivity contribution in [2.45, 2.75) is 33.0 Å². The number of pyridine rings is 1. The van der Waals surface area contributed by atoms with Gasteiger partial charge >= 0.3 is 0 Å². The largest absolute Gasteiger partial charge is 0.487 e. The molecule has 29 heavy (non-hydrogen) atoms. The predicted octanol–water partition coefficient (Wildman–Crippen LogP) is 2.18. The van der Waals surface area contributed by atoms with E-state index in [1.54, 1.807) is 19.6 Å². The zero-order chi connectivity index (χ0) is 20.3. The molecule has 152 valence electrons. The molecule has 0 aliphatic heterocycles. The van der Waals surface area contributed by atoms with E-state index in [1.807, 2.05) is 47.0 Å². The third kappa shape index (κ3) is 6.31. The van der Waals surface area contributed by atoms with Crippen LogP contribution in [0.5, 0.6) is 5.75 Å². The van der Waals surface area contributed by atoms with Crippen LogP contribution in [0.2, 0.25) is 0 Å². The second kappa shape index (κ2) is 10.8. The van der Waals surface area contributed by atoms with Gasteiger partial charge in [0.25, 0.3) is 0 Å². The van der Waals surface area contributed by atoms with Gasteiger partial charge in [0.05, 0.1) is 5.69 Å². The molecule has 2 heterocycles. The van der Waals surface area contributed by atoms with E-state index in [9.17, 15) is 0 Å². The molecule has 0 aliphatic rings. The lowest BCUT2D eigenvalue weighted by Crippen LogP contribution is -2.38. The van der Waals surface area contributed by atoms with Gasteiger partial charge in [0.1, 0.15) is 24.5 Å². The molecule has 0 saturated carbocycles. The molecular weight excluding hydrogens is 366 g/mol. The molecule has 0 saturated heterocycles. The number of aryl methyl sites for hydroxylation is 1. The Morgan fingerprint density at radius 3 is 2.72 bits per heavy atom. The van der Waals surface area contributed by atoms with Gasteiger partial charge in [-0.05, 0) is 29.8 Å². The van der Waals surface area contributed by atoms with Gasteiger partial charge in [-0.2, -0.15) is 0 Å². The molecule has 2 aromatic heterocycles. The molecule has 2 N–H and O–H groups in total. The van der Waals surface area contributed by atoms with E-state index in [4.69, 9.17) is 4.74 Å². The summed E-state index contributed by atoms with van der Waals surface area (Å²) in [5.74, 6) is 2.56. The van der Waals surface area contributed by atoms with Gasteiger partial charge in [-0.15, -0.1) is 10.2 Å². The fourth-order valence-corrected chi connectivity index (χ4v) is 2.78. The van der Waals surface area contributed by atoms with Crippen LogP contribution in [0.25, 0.3) is 0 Å². The summed E-state index contributed by atoms with van der Waals surface area (Å²) in [6.45, 7) is 4.74. The zero-order valence-corrected chi connectivity index (χ0v) is 16.9. The first-order valence-corrected chi connectivity index (χ1v) is 9.71. The van der Waals surface area contributed by atoms with Crippen LogP contribution in [-0.2, 0) is 26.1 Å². The Kier molecular flexibility index (Phi) is 7.56. The summed E-state index contributed by atoms with van der Waals surface area (Å²) in [7, 11) is 1.76. The molecule has 0 amide bonds. The zero-order valence-electron chi connectivity index (χ0n) is 16.9. The SMILES string of the molecule is CCc1nncn1CCNC(=NC)NCc1ccc(OCc2ccccn2)cc1. The summed E-state index contributed by atoms with van der Waals surface area (Å²) >= 11 is 0. The third-order valence-electron chi connectivity index (χ3n) is 4.38. The number of hydrogen-bond acceptors (Lipinski definition) is 5. The topological polar surface area (TPSA) is 89.2 Å².